The molecule has 1 aromatic carbocycles. The van der Waals surface area contributed by atoms with Crippen LogP contribution >= 0.6 is 0 Å². The average Bonchev–Trinajstić information content (AvgIpc) is 3.16. The molecule has 174 valence electrons. The molecule has 0 aliphatic carbocycles. The maximum atomic E-state index is 12.0. The van der Waals surface area contributed by atoms with Crippen molar-refractivity contribution in [2.24, 2.45) is 5.73 Å². The number of carbonyl (C=O) groups excluding carboxylic acids is 2. The number of nitrogens with one attached hydrogen (secondary N) is 2. The van der Waals surface area contributed by atoms with Crippen molar-refractivity contribution in [1.29, 1.82) is 0 Å². The number of hydrogen-bond donors (Lipinski definition) is 7. The second-order valence-corrected chi connectivity index (χ2v) is 8.00. The summed E-state index contributed by atoms with van der Waals surface area (Å²) in [6.07, 6.45) is 0.343. The Balaban J connectivity index is 1.54. The number of phenols is 1. The highest BCUT2D eigenvalue weighted by molar-refractivity contribution is 6.41. The lowest BCUT2D eigenvalue weighted by molar-refractivity contribution is -0.126. The number of rotatable bonds is 10. The van der Waals surface area contributed by atoms with Crippen molar-refractivity contribution in [1.82, 2.24) is 15.5 Å². The van der Waals surface area contributed by atoms with E-state index in [0.717, 1.165) is 0 Å². The smallest absolute Gasteiger partial charge is 0.451 e. The lowest BCUT2D eigenvalue weighted by Gasteiger charge is -2.42. The van der Waals surface area contributed by atoms with Crippen LogP contribution in [-0.2, 0) is 16.0 Å². The van der Waals surface area contributed by atoms with Crippen LogP contribution in [0, 0.1) is 0 Å². The van der Waals surface area contributed by atoms with Crippen LogP contribution in [0.2, 0.25) is 6.32 Å². The molecule has 2 saturated heterocycles. The van der Waals surface area contributed by atoms with E-state index in [1.54, 1.807) is 0 Å². The molecule has 1 aromatic rings. The number of nitrogens with zero attached hydrogens (tertiary/aromatic N) is 1. The Bertz CT molecular complexity index is 877. The number of hydrogen-bond acceptors (Lipinski definition) is 9. The highest BCUT2D eigenvalue weighted by Crippen LogP contribution is 2.34. The molecular formula is C19H27BN4O8. The topological polar surface area (TPSA) is 195 Å². The molecule has 3 rings (SSSR count). The molecule has 2 aliphatic heterocycles. The van der Waals surface area contributed by atoms with Gasteiger partial charge in [-0.3, -0.25) is 14.5 Å². The molecule has 2 atom stereocenters. The van der Waals surface area contributed by atoms with Gasteiger partial charge in [-0.15, -0.1) is 0 Å². The zero-order valence-corrected chi connectivity index (χ0v) is 17.4. The maximum Gasteiger partial charge on any atom is 0.451 e. The second kappa shape index (κ2) is 10.2. The third-order valence-electron chi connectivity index (χ3n) is 5.66. The lowest BCUT2D eigenvalue weighted by Crippen LogP contribution is -2.58. The summed E-state index contributed by atoms with van der Waals surface area (Å²) in [7, 11) is -1.56. The first kappa shape index (κ1) is 23.8. The van der Waals surface area contributed by atoms with Crippen LogP contribution in [0.5, 0.6) is 11.5 Å². The molecule has 2 fully saturated rings. The van der Waals surface area contributed by atoms with Gasteiger partial charge in [-0.25, -0.2) is 4.79 Å². The van der Waals surface area contributed by atoms with Gasteiger partial charge in [0.05, 0.1) is 12.6 Å². The number of benzene rings is 1. The zero-order valence-electron chi connectivity index (χ0n) is 17.4. The third kappa shape index (κ3) is 5.68. The summed E-state index contributed by atoms with van der Waals surface area (Å²) in [5, 5.41) is 43.4. The summed E-state index contributed by atoms with van der Waals surface area (Å²) < 4.78 is 5.80. The van der Waals surface area contributed by atoms with Crippen LogP contribution in [0.25, 0.3) is 0 Å². The van der Waals surface area contributed by atoms with Crippen molar-refractivity contribution < 1.29 is 39.4 Å². The predicted octanol–water partition coefficient (Wildman–Crippen LogP) is -2.50. The van der Waals surface area contributed by atoms with E-state index in [2.05, 4.69) is 15.5 Å². The van der Waals surface area contributed by atoms with Crippen molar-refractivity contribution in [3.63, 3.8) is 0 Å². The average molecular weight is 450 g/mol. The van der Waals surface area contributed by atoms with Gasteiger partial charge in [-0.05, 0) is 30.8 Å². The Kier molecular flexibility index (Phi) is 7.56. The Hall–Kier alpha value is -2.87. The van der Waals surface area contributed by atoms with Crippen molar-refractivity contribution in [3.05, 3.63) is 23.3 Å². The van der Waals surface area contributed by atoms with Crippen molar-refractivity contribution >= 4 is 24.9 Å². The maximum absolute atomic E-state index is 12.0. The van der Waals surface area contributed by atoms with Gasteiger partial charge in [-0.1, -0.05) is 6.07 Å². The van der Waals surface area contributed by atoms with Gasteiger partial charge in [0.15, 0.2) is 0 Å². The van der Waals surface area contributed by atoms with Crippen molar-refractivity contribution in [3.8, 4) is 11.5 Å². The van der Waals surface area contributed by atoms with E-state index in [0.29, 0.717) is 26.1 Å². The number of carbonyl (C=O) groups is 3. The standard InChI is InChI=1S/C19H27BN4O8/c21-15(25)7-23-18(27)13-5-11(6-22-13)24-8-12(9-24)32-14-2-1-10(3-4-20(30)31)17(26)16(14)19(28)29/h1-2,11-13,22,26,30-31H,3-9H2,(H2,21,25)(H,23,27)(H,28,29)/t11-,13-/m0/s1. The molecule has 32 heavy (non-hydrogen) atoms. The number of aryl methyl sites for hydroxylation is 1. The van der Waals surface area contributed by atoms with Gasteiger partial charge in [0.25, 0.3) is 0 Å². The van der Waals surface area contributed by atoms with E-state index in [1.165, 1.54) is 12.1 Å². The van der Waals surface area contributed by atoms with Crippen LogP contribution < -0.4 is 21.1 Å². The molecule has 8 N–H and O–H groups in total. The number of carboxylic acids is 1. The number of amides is 2. The van der Waals surface area contributed by atoms with Gasteiger partial charge < -0.3 is 41.4 Å². The number of aromatic carboxylic acids is 1. The predicted molar refractivity (Wildman–Crippen MR) is 112 cm³/mol. The molecule has 0 bridgehead atoms. The molecule has 13 heteroatoms. The quantitative estimate of drug-likeness (QED) is 0.187. The normalized spacial score (nSPS) is 21.1. The molecular weight excluding hydrogens is 423 g/mol. The number of carboxylic acid groups (broad SMARTS) is 1. The zero-order chi connectivity index (χ0) is 23.4. The first-order chi connectivity index (χ1) is 15.2. The third-order valence-corrected chi connectivity index (χ3v) is 5.66. The summed E-state index contributed by atoms with van der Waals surface area (Å²) in [5.41, 5.74) is 4.96. The van der Waals surface area contributed by atoms with Crippen LogP contribution in [0.15, 0.2) is 12.1 Å². The number of ether oxygens (including phenoxy) is 1. The largest absolute Gasteiger partial charge is 0.507 e. The Labute approximate surface area is 184 Å². The van der Waals surface area contributed by atoms with E-state index < -0.39 is 30.8 Å². The minimum atomic E-state index is -1.56. The Morgan fingerprint density at radius 1 is 1.28 bits per heavy atom. The second-order valence-electron chi connectivity index (χ2n) is 8.00. The van der Waals surface area contributed by atoms with Crippen LogP contribution in [0.4, 0.5) is 0 Å². The summed E-state index contributed by atoms with van der Waals surface area (Å²) in [6.45, 7) is 1.44. The van der Waals surface area contributed by atoms with Gasteiger partial charge in [0.1, 0.15) is 23.2 Å². The fourth-order valence-corrected chi connectivity index (χ4v) is 3.92. The Morgan fingerprint density at radius 3 is 2.62 bits per heavy atom. The van der Waals surface area contributed by atoms with E-state index in [4.69, 9.17) is 20.5 Å². The molecule has 2 aliphatic rings. The van der Waals surface area contributed by atoms with Crippen molar-refractivity contribution in [2.75, 3.05) is 26.2 Å². The van der Waals surface area contributed by atoms with Gasteiger partial charge in [-0.2, -0.15) is 0 Å². The molecule has 12 nitrogen and oxygen atoms in total. The molecule has 2 amide bonds. The van der Waals surface area contributed by atoms with Gasteiger partial charge in [0.2, 0.25) is 11.8 Å². The van der Waals surface area contributed by atoms with E-state index in [-0.39, 0.29) is 54.2 Å². The molecule has 0 radical (unpaired) electrons. The van der Waals surface area contributed by atoms with Crippen LogP contribution in [0.3, 0.4) is 0 Å². The van der Waals surface area contributed by atoms with Gasteiger partial charge >= 0.3 is 13.1 Å². The fourth-order valence-electron chi connectivity index (χ4n) is 3.92. The summed E-state index contributed by atoms with van der Waals surface area (Å²) >= 11 is 0. The monoisotopic (exact) mass is 450 g/mol. The van der Waals surface area contributed by atoms with E-state index in [1.807, 2.05) is 0 Å². The molecule has 0 spiro atoms. The summed E-state index contributed by atoms with van der Waals surface area (Å²) in [5.74, 6) is -2.64. The lowest BCUT2D eigenvalue weighted by atomic mass is 9.82. The minimum Gasteiger partial charge on any atom is -0.507 e. The van der Waals surface area contributed by atoms with Crippen molar-refractivity contribution in [2.45, 2.75) is 37.3 Å². The van der Waals surface area contributed by atoms with E-state index >= 15 is 0 Å². The first-order valence-corrected chi connectivity index (χ1v) is 10.3. The summed E-state index contributed by atoms with van der Waals surface area (Å²) in [6, 6.07) is 2.64. The summed E-state index contributed by atoms with van der Waals surface area (Å²) in [4.78, 5) is 36.6. The fraction of sp³-hybridized carbons (Fsp3) is 0.526. The number of primary amides is 1. The SMILES string of the molecule is NC(=O)CNC(=O)[C@@H]1C[C@H](N2CC(Oc3ccc(CCB(O)O)c(O)c3C(=O)O)C2)CN1. The highest BCUT2D eigenvalue weighted by Gasteiger charge is 2.40. The number of nitrogens with two attached hydrogens (primary N) is 1. The molecule has 2 heterocycles. The number of aromatic hydroxyl groups is 1. The Morgan fingerprint density at radius 2 is 2.00 bits per heavy atom. The molecule has 0 aromatic heterocycles. The van der Waals surface area contributed by atoms with Gasteiger partial charge in [0, 0.05) is 25.7 Å². The first-order valence-electron chi connectivity index (χ1n) is 10.3. The van der Waals surface area contributed by atoms with E-state index in [9.17, 15) is 24.6 Å². The van der Waals surface area contributed by atoms with Crippen LogP contribution in [-0.4, -0.2) is 94.4 Å². The highest BCUT2D eigenvalue weighted by atomic mass is 16.5. The molecule has 0 unspecified atom stereocenters. The number of likely N-dealkylation sites (tertiary alicyclic amines) is 1. The van der Waals surface area contributed by atoms with Crippen LogP contribution in [0.1, 0.15) is 22.3 Å². The molecule has 0 saturated carbocycles. The minimum absolute atomic E-state index is 0.0403.